The van der Waals surface area contributed by atoms with Gasteiger partial charge in [-0.15, -0.1) is 0 Å². The van der Waals surface area contributed by atoms with Crippen molar-refractivity contribution in [2.45, 2.75) is 83.6 Å². The van der Waals surface area contributed by atoms with Crippen LogP contribution in [0, 0.1) is 5.92 Å². The van der Waals surface area contributed by atoms with Crippen LogP contribution in [0.5, 0.6) is 0 Å². The molecular formula is C16H31NO2. The first-order valence-corrected chi connectivity index (χ1v) is 8.07. The molecule has 1 rings (SSSR count). The van der Waals surface area contributed by atoms with Crippen LogP contribution in [0.2, 0.25) is 0 Å². The Morgan fingerprint density at radius 2 is 1.84 bits per heavy atom. The molecule has 112 valence electrons. The number of hydrogen-bond donors (Lipinski definition) is 2. The summed E-state index contributed by atoms with van der Waals surface area (Å²) >= 11 is 0. The van der Waals surface area contributed by atoms with Gasteiger partial charge in [0.1, 0.15) is 0 Å². The summed E-state index contributed by atoms with van der Waals surface area (Å²) in [6.45, 7) is 4.07. The van der Waals surface area contributed by atoms with Crippen molar-refractivity contribution in [3.63, 3.8) is 0 Å². The van der Waals surface area contributed by atoms with Crippen LogP contribution in [0.4, 0.5) is 0 Å². The SMILES string of the molecule is CCC(CC)(CO)NC(=O)CCCC1CCCCC1. The van der Waals surface area contributed by atoms with Gasteiger partial charge in [0.05, 0.1) is 12.1 Å². The van der Waals surface area contributed by atoms with E-state index in [1.165, 1.54) is 38.5 Å². The van der Waals surface area contributed by atoms with Gasteiger partial charge >= 0.3 is 0 Å². The highest BCUT2D eigenvalue weighted by Crippen LogP contribution is 2.27. The van der Waals surface area contributed by atoms with Crippen molar-refractivity contribution in [2.24, 2.45) is 5.92 Å². The third-order valence-corrected chi connectivity index (χ3v) is 4.80. The van der Waals surface area contributed by atoms with Crippen molar-refractivity contribution in [1.29, 1.82) is 0 Å². The molecule has 1 aliphatic carbocycles. The van der Waals surface area contributed by atoms with E-state index in [1.54, 1.807) is 0 Å². The van der Waals surface area contributed by atoms with E-state index in [1.807, 2.05) is 13.8 Å². The Labute approximate surface area is 118 Å². The van der Waals surface area contributed by atoms with Crippen LogP contribution in [0.1, 0.15) is 78.1 Å². The maximum absolute atomic E-state index is 12.0. The van der Waals surface area contributed by atoms with E-state index in [4.69, 9.17) is 0 Å². The summed E-state index contributed by atoms with van der Waals surface area (Å²) in [6.07, 6.45) is 11.2. The number of nitrogens with one attached hydrogen (secondary N) is 1. The number of aliphatic hydroxyl groups excluding tert-OH is 1. The lowest BCUT2D eigenvalue weighted by Gasteiger charge is -2.31. The summed E-state index contributed by atoms with van der Waals surface area (Å²) < 4.78 is 0. The molecule has 0 aromatic heterocycles. The van der Waals surface area contributed by atoms with Gasteiger partial charge in [-0.2, -0.15) is 0 Å². The molecule has 19 heavy (non-hydrogen) atoms. The van der Waals surface area contributed by atoms with Crippen LogP contribution in [-0.2, 0) is 4.79 Å². The molecule has 1 aliphatic rings. The Hall–Kier alpha value is -0.570. The number of aliphatic hydroxyl groups is 1. The predicted molar refractivity (Wildman–Crippen MR) is 79.0 cm³/mol. The van der Waals surface area contributed by atoms with E-state index < -0.39 is 5.54 Å². The second-order valence-electron chi connectivity index (χ2n) is 6.09. The molecule has 0 bridgehead atoms. The van der Waals surface area contributed by atoms with Crippen molar-refractivity contribution >= 4 is 5.91 Å². The Morgan fingerprint density at radius 1 is 1.21 bits per heavy atom. The first-order chi connectivity index (χ1) is 9.15. The van der Waals surface area contributed by atoms with Gasteiger partial charge in [0.2, 0.25) is 5.91 Å². The standard InChI is InChI=1S/C16H31NO2/c1-3-16(4-2,13-18)17-15(19)12-8-11-14-9-6-5-7-10-14/h14,18H,3-13H2,1-2H3,(H,17,19). The summed E-state index contributed by atoms with van der Waals surface area (Å²) in [6, 6.07) is 0. The molecule has 0 unspecified atom stereocenters. The van der Waals surface area contributed by atoms with Gasteiger partial charge in [0.15, 0.2) is 0 Å². The van der Waals surface area contributed by atoms with Crippen molar-refractivity contribution in [2.75, 3.05) is 6.61 Å². The van der Waals surface area contributed by atoms with Gasteiger partial charge in [-0.05, 0) is 31.6 Å². The zero-order chi connectivity index (χ0) is 14.1. The Kier molecular flexibility index (Phi) is 7.44. The van der Waals surface area contributed by atoms with Crippen molar-refractivity contribution in [3.8, 4) is 0 Å². The quantitative estimate of drug-likeness (QED) is 0.709. The van der Waals surface area contributed by atoms with Gasteiger partial charge in [-0.1, -0.05) is 46.0 Å². The molecule has 0 spiro atoms. The fraction of sp³-hybridized carbons (Fsp3) is 0.938. The van der Waals surface area contributed by atoms with E-state index in [-0.39, 0.29) is 12.5 Å². The summed E-state index contributed by atoms with van der Waals surface area (Å²) in [5, 5.41) is 12.5. The Bertz CT molecular complexity index is 247. The molecule has 1 amide bonds. The van der Waals surface area contributed by atoms with Crippen molar-refractivity contribution < 1.29 is 9.90 Å². The highest BCUT2D eigenvalue weighted by atomic mass is 16.3. The van der Waals surface area contributed by atoms with Crippen molar-refractivity contribution in [3.05, 3.63) is 0 Å². The molecule has 0 aromatic carbocycles. The van der Waals surface area contributed by atoms with Crippen molar-refractivity contribution in [1.82, 2.24) is 5.32 Å². The first kappa shape index (κ1) is 16.5. The minimum absolute atomic E-state index is 0.0361. The summed E-state index contributed by atoms with van der Waals surface area (Å²) in [5.74, 6) is 0.954. The molecular weight excluding hydrogens is 238 g/mol. The van der Waals surface area contributed by atoms with E-state index in [0.717, 1.165) is 25.2 Å². The monoisotopic (exact) mass is 269 g/mol. The molecule has 2 N–H and O–H groups in total. The summed E-state index contributed by atoms with van der Waals surface area (Å²) in [5.41, 5.74) is -0.401. The van der Waals surface area contributed by atoms with Gasteiger partial charge in [-0.25, -0.2) is 0 Å². The molecule has 3 heteroatoms. The van der Waals surface area contributed by atoms with Crippen LogP contribution in [0.25, 0.3) is 0 Å². The summed E-state index contributed by atoms with van der Waals surface area (Å²) in [7, 11) is 0. The third-order valence-electron chi connectivity index (χ3n) is 4.80. The van der Waals surface area contributed by atoms with Gasteiger partial charge in [-0.3, -0.25) is 4.79 Å². The van der Waals surface area contributed by atoms with Gasteiger partial charge < -0.3 is 10.4 Å². The lowest BCUT2D eigenvalue weighted by molar-refractivity contribution is -0.124. The molecule has 0 aromatic rings. The zero-order valence-corrected chi connectivity index (χ0v) is 12.7. The molecule has 0 atom stereocenters. The van der Waals surface area contributed by atoms with Gasteiger partial charge in [0.25, 0.3) is 0 Å². The molecule has 3 nitrogen and oxygen atoms in total. The third kappa shape index (κ3) is 5.52. The normalized spacial score (nSPS) is 17.4. The maximum atomic E-state index is 12.0. The molecule has 1 fully saturated rings. The number of carbonyl (C=O) groups excluding carboxylic acids is 1. The van der Waals surface area contributed by atoms with Gasteiger partial charge in [0, 0.05) is 6.42 Å². The number of carbonyl (C=O) groups is 1. The predicted octanol–water partition coefficient (Wildman–Crippen LogP) is 3.40. The Balaban J connectivity index is 2.23. The zero-order valence-electron chi connectivity index (χ0n) is 12.7. The largest absolute Gasteiger partial charge is 0.394 e. The maximum Gasteiger partial charge on any atom is 0.220 e. The lowest BCUT2D eigenvalue weighted by Crippen LogP contribution is -2.50. The van der Waals surface area contributed by atoms with E-state index in [9.17, 15) is 9.90 Å². The van der Waals surface area contributed by atoms with Crippen LogP contribution in [-0.4, -0.2) is 23.2 Å². The van der Waals surface area contributed by atoms with E-state index in [0.29, 0.717) is 6.42 Å². The second kappa shape index (κ2) is 8.57. The lowest BCUT2D eigenvalue weighted by atomic mass is 9.85. The molecule has 1 saturated carbocycles. The fourth-order valence-electron chi connectivity index (χ4n) is 3.08. The number of amides is 1. The average Bonchev–Trinajstić information content (AvgIpc) is 2.46. The van der Waals surface area contributed by atoms with Crippen LogP contribution >= 0.6 is 0 Å². The Morgan fingerprint density at radius 3 is 2.37 bits per heavy atom. The fourth-order valence-corrected chi connectivity index (χ4v) is 3.08. The second-order valence-corrected chi connectivity index (χ2v) is 6.09. The molecule has 0 heterocycles. The number of hydrogen-bond acceptors (Lipinski definition) is 2. The van der Waals surface area contributed by atoms with E-state index in [2.05, 4.69) is 5.32 Å². The first-order valence-electron chi connectivity index (χ1n) is 8.07. The molecule has 0 radical (unpaired) electrons. The highest BCUT2D eigenvalue weighted by Gasteiger charge is 2.26. The topological polar surface area (TPSA) is 49.3 Å². The van der Waals surface area contributed by atoms with Crippen LogP contribution < -0.4 is 5.32 Å². The van der Waals surface area contributed by atoms with Crippen LogP contribution in [0.3, 0.4) is 0 Å². The molecule has 0 aliphatic heterocycles. The smallest absolute Gasteiger partial charge is 0.220 e. The molecule has 0 saturated heterocycles. The van der Waals surface area contributed by atoms with Crippen LogP contribution in [0.15, 0.2) is 0 Å². The average molecular weight is 269 g/mol. The summed E-state index contributed by atoms with van der Waals surface area (Å²) in [4.78, 5) is 12.0. The minimum Gasteiger partial charge on any atom is -0.394 e. The van der Waals surface area contributed by atoms with E-state index >= 15 is 0 Å². The highest BCUT2D eigenvalue weighted by molar-refractivity contribution is 5.76. The number of rotatable bonds is 8. The minimum atomic E-state index is -0.401.